The van der Waals surface area contributed by atoms with Gasteiger partial charge in [-0.1, -0.05) is 63.7 Å². The Morgan fingerprint density at radius 1 is 1.33 bits per heavy atom. The molecule has 0 unspecified atom stereocenters. The molecule has 2 aliphatic heterocycles. The molecule has 166 valence electrons. The minimum Gasteiger partial charge on any atom is -0.386 e. The molecule has 5 nitrogen and oxygen atoms in total. The van der Waals surface area contributed by atoms with E-state index in [0.717, 1.165) is 17.9 Å². The predicted molar refractivity (Wildman–Crippen MR) is 139 cm³/mol. The van der Waals surface area contributed by atoms with Crippen molar-refractivity contribution in [3.8, 4) is 0 Å². The first-order valence-corrected chi connectivity index (χ1v) is 11.8. The van der Waals surface area contributed by atoms with Crippen molar-refractivity contribution in [3.63, 3.8) is 0 Å². The molecule has 0 radical (unpaired) electrons. The van der Waals surface area contributed by atoms with Gasteiger partial charge in [-0.05, 0) is 30.4 Å². The van der Waals surface area contributed by atoms with Crippen molar-refractivity contribution in [3.05, 3.63) is 57.2 Å². The maximum atomic E-state index is 6.48. The summed E-state index contributed by atoms with van der Waals surface area (Å²) in [5.41, 5.74) is 7.11. The van der Waals surface area contributed by atoms with Gasteiger partial charge in [-0.25, -0.2) is 4.99 Å². The standard InChI is InChI=1S/C18H21Cl2N5S.2C2H6/c1-3-16(26-14-4-6-22-7-5-14)15(20)8-12(2)24-18-9-13(10-19)23-11-17(21)25-18;2*1-2/h3-4,6,8-9,24H,2,5,7,10-11H2,1H3,(H2,21,25);2*1-2H3/b15-8+,16-3+;;. The number of allylic oxidation sites excluding steroid dienone is 5. The van der Waals surface area contributed by atoms with Crippen molar-refractivity contribution in [2.45, 2.75) is 41.0 Å². The van der Waals surface area contributed by atoms with Crippen LogP contribution in [0.1, 0.15) is 41.0 Å². The van der Waals surface area contributed by atoms with Gasteiger partial charge in [0.15, 0.2) is 0 Å². The van der Waals surface area contributed by atoms with E-state index < -0.39 is 0 Å². The zero-order chi connectivity index (χ0) is 22.9. The van der Waals surface area contributed by atoms with E-state index in [9.17, 15) is 0 Å². The van der Waals surface area contributed by atoms with Crippen LogP contribution in [0.2, 0.25) is 0 Å². The van der Waals surface area contributed by atoms with Crippen LogP contribution in [-0.2, 0) is 0 Å². The van der Waals surface area contributed by atoms with Gasteiger partial charge >= 0.3 is 0 Å². The number of amidine groups is 1. The molecule has 0 aromatic rings. The van der Waals surface area contributed by atoms with E-state index in [1.807, 2.05) is 53.0 Å². The Labute approximate surface area is 195 Å². The number of dihydropyridines is 1. The lowest BCUT2D eigenvalue weighted by Crippen LogP contribution is -2.18. The first-order valence-electron chi connectivity index (χ1n) is 10.0. The summed E-state index contributed by atoms with van der Waals surface area (Å²) < 4.78 is 0. The van der Waals surface area contributed by atoms with Gasteiger partial charge < -0.3 is 11.1 Å². The third-order valence-corrected chi connectivity index (χ3v) is 5.31. The molecule has 2 aliphatic rings. The highest BCUT2D eigenvalue weighted by Gasteiger charge is 2.10. The molecule has 0 spiro atoms. The zero-order valence-corrected chi connectivity index (χ0v) is 20.8. The molecule has 2 rings (SSSR count). The fourth-order valence-electron chi connectivity index (χ4n) is 2.12. The van der Waals surface area contributed by atoms with E-state index in [2.05, 4.69) is 26.9 Å². The van der Waals surface area contributed by atoms with Crippen LogP contribution in [0.4, 0.5) is 0 Å². The van der Waals surface area contributed by atoms with E-state index in [-0.39, 0.29) is 5.88 Å². The Hall–Kier alpha value is -1.76. The number of rotatable bonds is 7. The molecule has 0 saturated carbocycles. The second kappa shape index (κ2) is 17.0. The molecule has 0 atom stereocenters. The van der Waals surface area contributed by atoms with Crippen molar-refractivity contribution in [1.82, 2.24) is 5.32 Å². The average Bonchev–Trinajstić information content (AvgIpc) is 2.95. The second-order valence-electron chi connectivity index (χ2n) is 5.41. The van der Waals surface area contributed by atoms with E-state index in [1.165, 1.54) is 4.91 Å². The number of aliphatic imine (C=N–C) groups is 3. The lowest BCUT2D eigenvalue weighted by molar-refractivity contribution is 0.983. The fourth-order valence-corrected chi connectivity index (χ4v) is 3.52. The van der Waals surface area contributed by atoms with Gasteiger partial charge in [0, 0.05) is 29.4 Å². The Kier molecular flexibility index (Phi) is 16.0. The molecule has 0 bridgehead atoms. The average molecular weight is 471 g/mol. The van der Waals surface area contributed by atoms with Gasteiger partial charge in [-0.2, -0.15) is 0 Å². The maximum Gasteiger partial charge on any atom is 0.134 e. The van der Waals surface area contributed by atoms with Gasteiger partial charge in [0.2, 0.25) is 0 Å². The molecule has 8 heteroatoms. The topological polar surface area (TPSA) is 75.1 Å². The van der Waals surface area contributed by atoms with Crippen molar-refractivity contribution in [1.29, 1.82) is 0 Å². The Morgan fingerprint density at radius 3 is 2.60 bits per heavy atom. The van der Waals surface area contributed by atoms with Crippen LogP contribution in [0, 0.1) is 0 Å². The molecule has 0 aromatic carbocycles. The number of hydrogen-bond donors (Lipinski definition) is 2. The van der Waals surface area contributed by atoms with E-state index in [4.69, 9.17) is 28.9 Å². The maximum absolute atomic E-state index is 6.48. The Bertz CT molecular complexity index is 774. The van der Waals surface area contributed by atoms with Crippen molar-refractivity contribution < 1.29 is 0 Å². The highest BCUT2D eigenvalue weighted by molar-refractivity contribution is 8.07. The third kappa shape index (κ3) is 10.9. The second-order valence-corrected chi connectivity index (χ2v) is 7.25. The number of halogens is 2. The summed E-state index contributed by atoms with van der Waals surface area (Å²) >= 11 is 14.0. The number of hydrogen-bond acceptors (Lipinski definition) is 6. The lowest BCUT2D eigenvalue weighted by atomic mass is 10.3. The van der Waals surface area contributed by atoms with Gasteiger partial charge in [-0.3, -0.25) is 9.98 Å². The minimum atomic E-state index is 0.287. The lowest BCUT2D eigenvalue weighted by Gasteiger charge is -2.12. The normalized spacial score (nSPS) is 16.4. The van der Waals surface area contributed by atoms with Crippen LogP contribution in [0.25, 0.3) is 0 Å². The van der Waals surface area contributed by atoms with Crippen molar-refractivity contribution in [2.24, 2.45) is 20.7 Å². The van der Waals surface area contributed by atoms with Gasteiger partial charge in [0.25, 0.3) is 0 Å². The molecule has 0 saturated heterocycles. The van der Waals surface area contributed by atoms with E-state index in [1.54, 1.807) is 23.9 Å². The van der Waals surface area contributed by atoms with E-state index in [0.29, 0.717) is 34.6 Å². The minimum absolute atomic E-state index is 0.287. The Morgan fingerprint density at radius 2 is 2.03 bits per heavy atom. The summed E-state index contributed by atoms with van der Waals surface area (Å²) in [7, 11) is 0. The molecule has 3 N–H and O–H groups in total. The summed E-state index contributed by atoms with van der Waals surface area (Å²) in [5, 5.41) is 3.69. The molecule has 0 amide bonds. The summed E-state index contributed by atoms with van der Waals surface area (Å²) in [6.07, 6.45) is 10.2. The summed E-state index contributed by atoms with van der Waals surface area (Å²) in [6.45, 7) is 15.1. The molecule has 0 aromatic heterocycles. The predicted octanol–water partition coefficient (Wildman–Crippen LogP) is 6.15. The summed E-state index contributed by atoms with van der Waals surface area (Å²) in [6, 6.07) is 0. The van der Waals surface area contributed by atoms with Crippen LogP contribution in [-0.4, -0.2) is 36.7 Å². The van der Waals surface area contributed by atoms with E-state index >= 15 is 0 Å². The molecule has 30 heavy (non-hydrogen) atoms. The molecular weight excluding hydrogens is 437 g/mol. The largest absolute Gasteiger partial charge is 0.386 e. The zero-order valence-electron chi connectivity index (χ0n) is 18.5. The van der Waals surface area contributed by atoms with Crippen LogP contribution in [0.15, 0.2) is 72.2 Å². The number of alkyl halides is 1. The van der Waals surface area contributed by atoms with Crippen molar-refractivity contribution >= 4 is 52.7 Å². The molecule has 2 heterocycles. The number of nitrogens with zero attached hydrogens (tertiary/aromatic N) is 3. The van der Waals surface area contributed by atoms with Crippen LogP contribution in [0.3, 0.4) is 0 Å². The third-order valence-electron chi connectivity index (χ3n) is 3.33. The van der Waals surface area contributed by atoms with Gasteiger partial charge in [-0.15, -0.1) is 11.6 Å². The first kappa shape index (κ1) is 28.2. The highest BCUT2D eigenvalue weighted by atomic mass is 35.5. The van der Waals surface area contributed by atoms with Gasteiger partial charge in [0.05, 0.1) is 23.2 Å². The number of thioether (sulfide) groups is 1. The van der Waals surface area contributed by atoms with Crippen LogP contribution < -0.4 is 11.1 Å². The number of nitrogens with two attached hydrogens (primary N) is 1. The SMILES string of the molecule is C=C(/C=C(Cl)\C(=C/C)SC1=CC=NCC1)NC1=CC(CCl)=NCC(N)=N1.CC.CC. The number of nitrogens with one attached hydrogen (secondary N) is 1. The quantitative estimate of drug-likeness (QED) is 0.346. The highest BCUT2D eigenvalue weighted by Crippen LogP contribution is 2.35. The summed E-state index contributed by atoms with van der Waals surface area (Å²) in [5.74, 6) is 1.22. The van der Waals surface area contributed by atoms with Crippen LogP contribution >= 0.6 is 35.0 Å². The molecule has 0 aliphatic carbocycles. The monoisotopic (exact) mass is 469 g/mol. The first-order chi connectivity index (χ1) is 14.5. The molecule has 0 fully saturated rings. The smallest absolute Gasteiger partial charge is 0.134 e. The molecular formula is C22H33Cl2N5S. The fraction of sp³-hybridized carbons (Fsp3) is 0.409. The van der Waals surface area contributed by atoms with Crippen LogP contribution in [0.5, 0.6) is 0 Å². The summed E-state index contributed by atoms with van der Waals surface area (Å²) in [4.78, 5) is 14.9. The Balaban J connectivity index is 0.00000198. The van der Waals surface area contributed by atoms with Gasteiger partial charge in [0.1, 0.15) is 11.7 Å². The van der Waals surface area contributed by atoms with Crippen molar-refractivity contribution in [2.75, 3.05) is 19.0 Å².